The van der Waals surface area contributed by atoms with E-state index in [1.165, 1.54) is 4.90 Å². The van der Waals surface area contributed by atoms with Crippen molar-refractivity contribution in [3.63, 3.8) is 0 Å². The molecule has 1 rings (SSSR count). The van der Waals surface area contributed by atoms with Crippen molar-refractivity contribution in [3.8, 4) is 0 Å². The third-order valence-electron chi connectivity index (χ3n) is 2.52. The van der Waals surface area contributed by atoms with Gasteiger partial charge in [-0.05, 0) is 30.5 Å². The van der Waals surface area contributed by atoms with E-state index in [-0.39, 0.29) is 12.7 Å². The zero-order valence-electron chi connectivity index (χ0n) is 9.89. The van der Waals surface area contributed by atoms with Gasteiger partial charge in [0.2, 0.25) is 0 Å². The van der Waals surface area contributed by atoms with Crippen molar-refractivity contribution in [2.24, 2.45) is 0 Å². The summed E-state index contributed by atoms with van der Waals surface area (Å²) < 4.78 is 0. The molecule has 16 heavy (non-hydrogen) atoms. The first kappa shape index (κ1) is 13.6. The quantitative estimate of drug-likeness (QED) is 0.751. The maximum absolute atomic E-state index is 9.65. The average molecular weight is 240 g/mol. The van der Waals surface area contributed by atoms with E-state index >= 15 is 0 Å². The number of hydrogen-bond acceptors (Lipinski definition) is 3. The van der Waals surface area contributed by atoms with Crippen LogP contribution in [0.25, 0.3) is 0 Å². The van der Waals surface area contributed by atoms with Crippen LogP contribution in [0.15, 0.2) is 29.2 Å². The normalized spacial score (nSPS) is 14.8. The van der Waals surface area contributed by atoms with Crippen molar-refractivity contribution >= 4 is 11.8 Å². The topological polar surface area (TPSA) is 40.5 Å². The maximum Gasteiger partial charge on any atom is 0.0787 e. The summed E-state index contributed by atoms with van der Waals surface area (Å²) in [5.74, 6) is 0. The van der Waals surface area contributed by atoms with Crippen LogP contribution in [0, 0.1) is 0 Å². The van der Waals surface area contributed by atoms with E-state index in [1.54, 1.807) is 11.8 Å². The second kappa shape index (κ2) is 6.94. The van der Waals surface area contributed by atoms with Crippen molar-refractivity contribution in [1.29, 1.82) is 0 Å². The first-order valence-corrected chi connectivity index (χ1v) is 6.60. The fraction of sp³-hybridized carbons (Fsp3) is 0.538. The van der Waals surface area contributed by atoms with Crippen LogP contribution >= 0.6 is 11.8 Å². The van der Waals surface area contributed by atoms with Gasteiger partial charge in [-0.15, -0.1) is 11.8 Å². The molecule has 3 heteroatoms. The summed E-state index contributed by atoms with van der Waals surface area (Å²) in [4.78, 5) is 1.19. The molecule has 1 unspecified atom stereocenters. The Kier molecular flexibility index (Phi) is 5.88. The molecule has 0 heterocycles. The summed E-state index contributed by atoms with van der Waals surface area (Å²) in [6.45, 7) is 4.31. The van der Waals surface area contributed by atoms with Crippen LogP contribution in [-0.4, -0.2) is 22.1 Å². The Hall–Kier alpha value is -0.510. The number of thioether (sulfide) groups is 1. The van der Waals surface area contributed by atoms with E-state index in [0.29, 0.717) is 5.25 Å². The highest BCUT2D eigenvalue weighted by Crippen LogP contribution is 2.26. The lowest BCUT2D eigenvalue weighted by Crippen LogP contribution is -1.99. The highest BCUT2D eigenvalue weighted by atomic mass is 32.2. The molecule has 0 aliphatic heterocycles. The zero-order valence-corrected chi connectivity index (χ0v) is 10.7. The van der Waals surface area contributed by atoms with Gasteiger partial charge < -0.3 is 10.2 Å². The standard InChI is InChI=1S/C13H20O2S/c1-3-13(15)11-4-6-12(7-5-11)16-10(2)8-9-14/h4-7,10,13-15H,3,8-9H2,1-2H3/t10?,13-/m1/s1. The number of rotatable bonds is 6. The molecule has 2 nitrogen and oxygen atoms in total. The van der Waals surface area contributed by atoms with Crippen molar-refractivity contribution < 1.29 is 10.2 Å². The van der Waals surface area contributed by atoms with E-state index < -0.39 is 0 Å². The van der Waals surface area contributed by atoms with Crippen LogP contribution in [0.3, 0.4) is 0 Å². The minimum atomic E-state index is -0.353. The number of aliphatic hydroxyl groups is 2. The van der Waals surface area contributed by atoms with E-state index in [0.717, 1.165) is 18.4 Å². The molecule has 0 radical (unpaired) electrons. The molecular weight excluding hydrogens is 220 g/mol. The smallest absolute Gasteiger partial charge is 0.0787 e. The molecule has 0 bridgehead atoms. The molecule has 0 saturated heterocycles. The maximum atomic E-state index is 9.65. The van der Waals surface area contributed by atoms with E-state index in [4.69, 9.17) is 5.11 Å². The first-order valence-electron chi connectivity index (χ1n) is 5.73. The molecule has 2 atom stereocenters. The third kappa shape index (κ3) is 4.16. The molecule has 1 aromatic carbocycles. The van der Waals surface area contributed by atoms with Crippen LogP contribution in [0.5, 0.6) is 0 Å². The minimum absolute atomic E-state index is 0.237. The van der Waals surface area contributed by atoms with Crippen LogP contribution in [-0.2, 0) is 0 Å². The number of aliphatic hydroxyl groups excluding tert-OH is 2. The highest BCUT2D eigenvalue weighted by molar-refractivity contribution is 7.99. The molecule has 0 aliphatic carbocycles. The van der Waals surface area contributed by atoms with Gasteiger partial charge in [0.25, 0.3) is 0 Å². The summed E-state index contributed by atoms with van der Waals surface area (Å²) in [6.07, 6.45) is 1.20. The van der Waals surface area contributed by atoms with Crippen molar-refractivity contribution in [2.45, 2.75) is 42.9 Å². The zero-order chi connectivity index (χ0) is 12.0. The lowest BCUT2D eigenvalue weighted by atomic mass is 10.1. The largest absolute Gasteiger partial charge is 0.396 e. The molecule has 0 spiro atoms. The van der Waals surface area contributed by atoms with E-state index in [9.17, 15) is 5.11 Å². The van der Waals surface area contributed by atoms with E-state index in [2.05, 4.69) is 6.92 Å². The van der Waals surface area contributed by atoms with Crippen molar-refractivity contribution in [1.82, 2.24) is 0 Å². The van der Waals surface area contributed by atoms with Gasteiger partial charge in [0, 0.05) is 16.8 Å². The Morgan fingerprint density at radius 3 is 2.38 bits per heavy atom. The lowest BCUT2D eigenvalue weighted by molar-refractivity contribution is 0.173. The van der Waals surface area contributed by atoms with Gasteiger partial charge in [-0.1, -0.05) is 26.0 Å². The fourth-order valence-corrected chi connectivity index (χ4v) is 2.46. The SMILES string of the molecule is CC[C@@H](O)c1ccc(SC(C)CCO)cc1. The predicted octanol–water partition coefficient (Wildman–Crippen LogP) is 2.99. The predicted molar refractivity (Wildman–Crippen MR) is 68.7 cm³/mol. The molecule has 0 fully saturated rings. The first-order chi connectivity index (χ1) is 7.67. The summed E-state index contributed by atoms with van der Waals surface area (Å²) in [7, 11) is 0. The van der Waals surface area contributed by atoms with Gasteiger partial charge in [-0.3, -0.25) is 0 Å². The molecule has 0 aromatic heterocycles. The van der Waals surface area contributed by atoms with Gasteiger partial charge in [-0.25, -0.2) is 0 Å². The summed E-state index contributed by atoms with van der Waals surface area (Å²) in [5, 5.41) is 18.9. The number of hydrogen-bond donors (Lipinski definition) is 2. The molecule has 2 N–H and O–H groups in total. The van der Waals surface area contributed by atoms with E-state index in [1.807, 2.05) is 31.2 Å². The molecular formula is C13H20O2S. The Bertz CT molecular complexity index is 297. The Morgan fingerprint density at radius 2 is 1.88 bits per heavy atom. The summed E-state index contributed by atoms with van der Waals surface area (Å²) in [5.41, 5.74) is 0.974. The van der Waals surface area contributed by atoms with Crippen molar-refractivity contribution in [2.75, 3.05) is 6.61 Å². The van der Waals surface area contributed by atoms with Gasteiger partial charge >= 0.3 is 0 Å². The molecule has 90 valence electrons. The molecule has 0 aliphatic rings. The molecule has 0 amide bonds. The average Bonchev–Trinajstić information content (AvgIpc) is 2.29. The monoisotopic (exact) mass is 240 g/mol. The Morgan fingerprint density at radius 1 is 1.25 bits per heavy atom. The Labute approximate surface area is 102 Å². The fourth-order valence-electron chi connectivity index (χ4n) is 1.48. The van der Waals surface area contributed by atoms with Crippen LogP contribution in [0.2, 0.25) is 0 Å². The number of benzene rings is 1. The summed E-state index contributed by atoms with van der Waals surface area (Å²) in [6, 6.07) is 8.02. The van der Waals surface area contributed by atoms with Gasteiger partial charge in [0.1, 0.15) is 0 Å². The molecule has 0 saturated carbocycles. The second-order valence-electron chi connectivity index (χ2n) is 3.93. The van der Waals surface area contributed by atoms with Crippen LogP contribution < -0.4 is 0 Å². The van der Waals surface area contributed by atoms with Gasteiger partial charge in [0.15, 0.2) is 0 Å². The third-order valence-corrected chi connectivity index (χ3v) is 3.71. The minimum Gasteiger partial charge on any atom is -0.396 e. The van der Waals surface area contributed by atoms with Crippen molar-refractivity contribution in [3.05, 3.63) is 29.8 Å². The summed E-state index contributed by atoms with van der Waals surface area (Å²) >= 11 is 1.75. The molecule has 1 aromatic rings. The Balaban J connectivity index is 2.57. The second-order valence-corrected chi connectivity index (χ2v) is 5.45. The van der Waals surface area contributed by atoms with Crippen LogP contribution in [0.4, 0.5) is 0 Å². The van der Waals surface area contributed by atoms with Gasteiger partial charge in [-0.2, -0.15) is 0 Å². The van der Waals surface area contributed by atoms with Crippen LogP contribution in [0.1, 0.15) is 38.4 Å². The van der Waals surface area contributed by atoms with Gasteiger partial charge in [0.05, 0.1) is 6.10 Å². The lowest BCUT2D eigenvalue weighted by Gasteiger charge is -2.11. The highest BCUT2D eigenvalue weighted by Gasteiger charge is 2.06.